The second kappa shape index (κ2) is 9.09. The first-order valence-electron chi connectivity index (χ1n) is 11.8. The van der Waals surface area contributed by atoms with E-state index >= 15 is 0 Å². The van der Waals surface area contributed by atoms with Crippen molar-refractivity contribution in [2.24, 2.45) is 0 Å². The Balaban J connectivity index is 1.55. The van der Waals surface area contributed by atoms with E-state index in [2.05, 4.69) is 53.5 Å². The smallest absolute Gasteiger partial charge is 0.226 e. The first-order valence-corrected chi connectivity index (χ1v) is 11.8. The van der Waals surface area contributed by atoms with Crippen LogP contribution in [0.4, 0.5) is 5.95 Å². The van der Waals surface area contributed by atoms with Crippen LogP contribution < -0.4 is 19.5 Å². The molecule has 5 rings (SSSR count). The summed E-state index contributed by atoms with van der Waals surface area (Å²) < 4.78 is 18.4. The minimum Gasteiger partial charge on any atom is -0.493 e. The van der Waals surface area contributed by atoms with Crippen LogP contribution in [-0.2, 0) is 4.79 Å². The van der Waals surface area contributed by atoms with Crippen LogP contribution in [-0.4, -0.2) is 41.9 Å². The van der Waals surface area contributed by atoms with Crippen LogP contribution in [0.15, 0.2) is 54.0 Å². The fourth-order valence-electron chi connectivity index (χ4n) is 5.10. The fraction of sp³-hybridized carbons (Fsp3) is 0.370. The van der Waals surface area contributed by atoms with Crippen molar-refractivity contribution in [2.45, 2.75) is 44.6 Å². The van der Waals surface area contributed by atoms with Crippen LogP contribution in [0.25, 0.3) is 0 Å². The number of fused-ring (bicyclic) bond motifs is 1. The number of nitrogens with zero attached hydrogens (tertiary/aromatic N) is 3. The molecule has 8 nitrogen and oxygen atoms in total. The van der Waals surface area contributed by atoms with Crippen molar-refractivity contribution < 1.29 is 19.0 Å². The minimum atomic E-state index is -0.307. The molecule has 1 aromatic heterocycles. The number of aromatic nitrogens is 3. The van der Waals surface area contributed by atoms with Crippen molar-refractivity contribution in [1.29, 1.82) is 0 Å². The van der Waals surface area contributed by atoms with Crippen molar-refractivity contribution in [2.75, 3.05) is 26.6 Å². The van der Waals surface area contributed by atoms with E-state index in [9.17, 15) is 4.79 Å². The number of hydrogen-bond acceptors (Lipinski definition) is 7. The Morgan fingerprint density at radius 1 is 0.971 bits per heavy atom. The summed E-state index contributed by atoms with van der Waals surface area (Å²) in [4.78, 5) is 18.1. The van der Waals surface area contributed by atoms with Gasteiger partial charge in [-0.15, -0.1) is 0 Å². The molecule has 0 fully saturated rings. The Bertz CT molecular complexity index is 1270. The second-order valence-electron chi connectivity index (χ2n) is 9.26. The average Bonchev–Trinajstić information content (AvgIpc) is 3.34. The van der Waals surface area contributed by atoms with Gasteiger partial charge in [0.15, 0.2) is 17.3 Å². The quantitative estimate of drug-likeness (QED) is 0.547. The van der Waals surface area contributed by atoms with Crippen molar-refractivity contribution in [3.05, 3.63) is 70.7 Å². The lowest BCUT2D eigenvalue weighted by atomic mass is 9.77. The van der Waals surface area contributed by atoms with Crippen molar-refractivity contribution in [1.82, 2.24) is 14.8 Å². The highest BCUT2D eigenvalue weighted by molar-refractivity contribution is 6.00. The van der Waals surface area contributed by atoms with E-state index in [1.807, 2.05) is 12.1 Å². The normalized spacial score (nSPS) is 19.2. The molecule has 0 amide bonds. The lowest BCUT2D eigenvalue weighted by Crippen LogP contribution is -2.33. The molecule has 1 aliphatic carbocycles. The number of ketones is 1. The Kier molecular flexibility index (Phi) is 5.96. The lowest BCUT2D eigenvalue weighted by Gasteiger charge is -2.35. The van der Waals surface area contributed by atoms with Crippen molar-refractivity contribution in [3.8, 4) is 17.2 Å². The number of methoxy groups -OCH3 is 3. The zero-order valence-electron chi connectivity index (χ0n) is 20.7. The number of anilines is 1. The van der Waals surface area contributed by atoms with Gasteiger partial charge in [0.1, 0.15) is 12.4 Å². The van der Waals surface area contributed by atoms with Crippen LogP contribution in [0, 0.1) is 0 Å². The molecule has 2 aliphatic rings. The largest absolute Gasteiger partial charge is 0.493 e. The number of rotatable bonds is 6. The Labute approximate surface area is 204 Å². The average molecular weight is 475 g/mol. The topological polar surface area (TPSA) is 87.5 Å². The highest BCUT2D eigenvalue weighted by atomic mass is 16.5. The molecule has 0 spiro atoms. The van der Waals surface area contributed by atoms with Crippen LogP contribution >= 0.6 is 0 Å². The van der Waals surface area contributed by atoms with Gasteiger partial charge in [-0.3, -0.25) is 4.79 Å². The van der Waals surface area contributed by atoms with Gasteiger partial charge in [-0.1, -0.05) is 38.1 Å². The number of ether oxygens (including phenoxy) is 3. The van der Waals surface area contributed by atoms with Gasteiger partial charge in [0, 0.05) is 17.7 Å². The molecule has 8 heteroatoms. The second-order valence-corrected chi connectivity index (χ2v) is 9.26. The molecule has 0 unspecified atom stereocenters. The summed E-state index contributed by atoms with van der Waals surface area (Å²) in [5, 5.41) is 7.83. The molecule has 35 heavy (non-hydrogen) atoms. The van der Waals surface area contributed by atoms with E-state index in [1.54, 1.807) is 26.0 Å². The van der Waals surface area contributed by atoms with Crippen molar-refractivity contribution in [3.63, 3.8) is 0 Å². The summed E-state index contributed by atoms with van der Waals surface area (Å²) in [7, 11) is 4.77. The van der Waals surface area contributed by atoms with Gasteiger partial charge >= 0.3 is 0 Å². The molecule has 0 radical (unpaired) electrons. The van der Waals surface area contributed by atoms with Crippen molar-refractivity contribution >= 4 is 11.7 Å². The third-order valence-electron chi connectivity index (χ3n) is 6.94. The lowest BCUT2D eigenvalue weighted by molar-refractivity contribution is -0.116. The van der Waals surface area contributed by atoms with E-state index in [4.69, 9.17) is 14.2 Å². The summed E-state index contributed by atoms with van der Waals surface area (Å²) in [5.74, 6) is 2.82. The van der Waals surface area contributed by atoms with Gasteiger partial charge in [0.2, 0.25) is 11.7 Å². The molecular weight excluding hydrogens is 444 g/mol. The fourth-order valence-corrected chi connectivity index (χ4v) is 5.10. The highest BCUT2D eigenvalue weighted by Crippen LogP contribution is 2.47. The van der Waals surface area contributed by atoms with E-state index in [-0.39, 0.29) is 17.7 Å². The predicted molar refractivity (Wildman–Crippen MR) is 132 cm³/mol. The summed E-state index contributed by atoms with van der Waals surface area (Å²) in [6.45, 7) is 4.34. The zero-order chi connectivity index (χ0) is 24.7. The molecule has 3 aromatic rings. The first-order chi connectivity index (χ1) is 16.9. The van der Waals surface area contributed by atoms with E-state index < -0.39 is 0 Å². The monoisotopic (exact) mass is 474 g/mol. The summed E-state index contributed by atoms with van der Waals surface area (Å²) in [6.07, 6.45) is 2.56. The van der Waals surface area contributed by atoms with Gasteiger partial charge in [-0.05, 0) is 47.1 Å². The van der Waals surface area contributed by atoms with E-state index in [1.165, 1.54) is 11.9 Å². The maximum absolute atomic E-state index is 13.7. The number of nitrogens with one attached hydrogen (secondary N) is 1. The van der Waals surface area contributed by atoms with Gasteiger partial charge in [0.25, 0.3) is 0 Å². The molecule has 0 saturated heterocycles. The SMILES string of the molecule is COc1cc([C@@H]2CC(=O)C3=C(C2)Nc2ncnn2[C@H]3c2ccc(C(C)C)cc2)cc(OC)c1OC. The van der Waals surface area contributed by atoms with E-state index in [0.717, 1.165) is 22.4 Å². The maximum Gasteiger partial charge on any atom is 0.226 e. The molecule has 2 heterocycles. The van der Waals surface area contributed by atoms with Crippen LogP contribution in [0.5, 0.6) is 17.2 Å². The molecule has 1 aliphatic heterocycles. The maximum atomic E-state index is 13.7. The standard InChI is InChI=1S/C27H30N4O4/c1-15(2)16-6-8-17(9-7-16)25-24-20(30-27-28-14-29-31(25)27)10-18(11-21(24)32)19-12-22(33-3)26(35-5)23(13-19)34-4/h6-9,12-15,18,25H,10-11H2,1-5H3,(H,28,29,30)/t18-,25-/m0/s1. The van der Waals surface area contributed by atoms with Gasteiger partial charge in [0.05, 0.1) is 21.3 Å². The predicted octanol–water partition coefficient (Wildman–Crippen LogP) is 4.84. The van der Waals surface area contributed by atoms with Gasteiger partial charge < -0.3 is 19.5 Å². The number of hydrogen-bond donors (Lipinski definition) is 1. The molecular formula is C27H30N4O4. The molecule has 0 saturated carbocycles. The minimum absolute atomic E-state index is 0.0408. The molecule has 2 atom stereocenters. The zero-order valence-corrected chi connectivity index (χ0v) is 20.7. The van der Waals surface area contributed by atoms with Gasteiger partial charge in [-0.2, -0.15) is 10.1 Å². The summed E-state index contributed by atoms with van der Waals surface area (Å²) >= 11 is 0. The molecule has 1 N–H and O–H groups in total. The molecule has 0 bridgehead atoms. The third kappa shape index (κ3) is 3.92. The van der Waals surface area contributed by atoms with E-state index in [0.29, 0.717) is 42.0 Å². The number of carbonyl (C=O) groups excluding carboxylic acids is 1. The van der Waals surface area contributed by atoms with Crippen LogP contribution in [0.2, 0.25) is 0 Å². The van der Waals surface area contributed by atoms with Crippen LogP contribution in [0.3, 0.4) is 0 Å². The number of Topliss-reactive ketones (excluding diaryl/α,β-unsaturated/α-hetero) is 1. The number of carbonyl (C=O) groups is 1. The Morgan fingerprint density at radius 2 is 1.66 bits per heavy atom. The number of allylic oxidation sites excluding steroid dienone is 2. The Hall–Kier alpha value is -3.81. The molecule has 2 aromatic carbocycles. The summed E-state index contributed by atoms with van der Waals surface area (Å²) in [5.41, 5.74) is 4.89. The Morgan fingerprint density at radius 3 is 2.26 bits per heavy atom. The highest BCUT2D eigenvalue weighted by Gasteiger charge is 2.39. The van der Waals surface area contributed by atoms with Gasteiger partial charge in [-0.25, -0.2) is 4.68 Å². The van der Waals surface area contributed by atoms with Crippen LogP contribution in [0.1, 0.15) is 61.3 Å². The third-order valence-corrected chi connectivity index (χ3v) is 6.94. The molecule has 182 valence electrons. The summed E-state index contributed by atoms with van der Waals surface area (Å²) in [6, 6.07) is 12.0. The first kappa shape index (κ1) is 23.0. The number of benzene rings is 2.